The SMILES string of the molecule is COC(=O)CCS(=O)(=O)Nc1cc2c(cc1N)OCO2. The third kappa shape index (κ3) is 3.23. The summed E-state index contributed by atoms with van der Waals surface area (Å²) in [5.41, 5.74) is 6.11. The average Bonchev–Trinajstić information content (AvgIpc) is 2.83. The highest BCUT2D eigenvalue weighted by atomic mass is 32.2. The van der Waals surface area contributed by atoms with E-state index in [-0.39, 0.29) is 24.6 Å². The molecule has 110 valence electrons. The van der Waals surface area contributed by atoms with Crippen molar-refractivity contribution in [3.8, 4) is 11.5 Å². The number of hydrogen-bond donors (Lipinski definition) is 2. The topological polar surface area (TPSA) is 117 Å². The number of carbonyl (C=O) groups excluding carboxylic acids is 1. The van der Waals surface area contributed by atoms with E-state index in [1.807, 2.05) is 0 Å². The minimum absolute atomic E-state index is 0.0628. The maximum absolute atomic E-state index is 11.8. The molecule has 0 radical (unpaired) electrons. The molecule has 0 spiro atoms. The fraction of sp³-hybridized carbons (Fsp3) is 0.364. The summed E-state index contributed by atoms with van der Waals surface area (Å²) in [4.78, 5) is 11.0. The molecule has 2 rings (SSSR count). The van der Waals surface area contributed by atoms with Crippen molar-refractivity contribution in [3.05, 3.63) is 12.1 Å². The Balaban J connectivity index is 2.11. The first kappa shape index (κ1) is 14.3. The zero-order valence-electron chi connectivity index (χ0n) is 10.7. The fourth-order valence-corrected chi connectivity index (χ4v) is 2.63. The molecule has 9 heteroatoms. The fourth-order valence-electron chi connectivity index (χ4n) is 1.58. The minimum atomic E-state index is -3.71. The van der Waals surface area contributed by atoms with Crippen LogP contribution >= 0.6 is 0 Å². The monoisotopic (exact) mass is 302 g/mol. The molecular formula is C11H14N2O6S. The van der Waals surface area contributed by atoms with Crippen LogP contribution in [0.25, 0.3) is 0 Å². The highest BCUT2D eigenvalue weighted by molar-refractivity contribution is 7.92. The molecule has 0 aliphatic carbocycles. The van der Waals surface area contributed by atoms with Gasteiger partial charge < -0.3 is 19.9 Å². The largest absolute Gasteiger partial charge is 0.469 e. The van der Waals surface area contributed by atoms with Gasteiger partial charge >= 0.3 is 5.97 Å². The molecule has 1 aromatic rings. The lowest BCUT2D eigenvalue weighted by Gasteiger charge is -2.10. The zero-order chi connectivity index (χ0) is 14.8. The van der Waals surface area contributed by atoms with Gasteiger partial charge in [0.05, 0.1) is 30.7 Å². The molecule has 0 unspecified atom stereocenters. The van der Waals surface area contributed by atoms with Crippen LogP contribution in [0.1, 0.15) is 6.42 Å². The number of methoxy groups -OCH3 is 1. The smallest absolute Gasteiger partial charge is 0.306 e. The molecule has 0 saturated heterocycles. The molecule has 0 aromatic heterocycles. The third-order valence-electron chi connectivity index (χ3n) is 2.61. The van der Waals surface area contributed by atoms with Gasteiger partial charge in [0.2, 0.25) is 16.8 Å². The molecule has 0 atom stereocenters. The highest BCUT2D eigenvalue weighted by Crippen LogP contribution is 2.38. The summed E-state index contributed by atoms with van der Waals surface area (Å²) in [5, 5.41) is 0. The molecule has 1 aromatic carbocycles. The van der Waals surface area contributed by atoms with Crippen molar-refractivity contribution in [1.29, 1.82) is 0 Å². The number of ether oxygens (including phenoxy) is 3. The Bertz CT molecular complexity index is 628. The van der Waals surface area contributed by atoms with Crippen LogP contribution in [-0.2, 0) is 19.6 Å². The van der Waals surface area contributed by atoms with Crippen LogP contribution in [0.3, 0.4) is 0 Å². The second-order valence-corrected chi connectivity index (χ2v) is 5.88. The van der Waals surface area contributed by atoms with Gasteiger partial charge in [-0.05, 0) is 0 Å². The van der Waals surface area contributed by atoms with Crippen molar-refractivity contribution in [2.24, 2.45) is 0 Å². The number of carbonyl (C=O) groups is 1. The maximum Gasteiger partial charge on any atom is 0.306 e. The molecule has 0 fully saturated rings. The molecule has 8 nitrogen and oxygen atoms in total. The van der Waals surface area contributed by atoms with E-state index in [0.717, 1.165) is 0 Å². The molecule has 20 heavy (non-hydrogen) atoms. The van der Waals surface area contributed by atoms with Crippen molar-refractivity contribution >= 4 is 27.4 Å². The lowest BCUT2D eigenvalue weighted by atomic mass is 10.2. The standard InChI is InChI=1S/C11H14N2O6S/c1-17-11(14)2-3-20(15,16)13-8-5-10-9(4-7(8)12)18-6-19-10/h4-5,13H,2-3,6,12H2,1H3. The Labute approximate surface area is 115 Å². The molecule has 3 N–H and O–H groups in total. The number of nitrogen functional groups attached to an aromatic ring is 1. The average molecular weight is 302 g/mol. The van der Waals surface area contributed by atoms with E-state index in [0.29, 0.717) is 11.5 Å². The third-order valence-corrected chi connectivity index (χ3v) is 3.89. The number of sulfonamides is 1. The van der Waals surface area contributed by atoms with Gasteiger partial charge in [0.1, 0.15) is 0 Å². The number of esters is 1. The predicted octanol–water partition coefficient (Wildman–Crippen LogP) is 0.302. The first-order valence-corrected chi connectivity index (χ1v) is 7.33. The molecule has 1 aliphatic rings. The number of rotatable bonds is 5. The normalized spacial score (nSPS) is 13.1. The summed E-state index contributed by atoms with van der Waals surface area (Å²) in [5.74, 6) is -0.132. The van der Waals surface area contributed by atoms with Crippen LogP contribution in [0, 0.1) is 0 Å². The summed E-state index contributed by atoms with van der Waals surface area (Å²) in [7, 11) is -2.51. The summed E-state index contributed by atoms with van der Waals surface area (Å²) in [6.45, 7) is 0.0628. The Morgan fingerprint density at radius 1 is 1.40 bits per heavy atom. The van der Waals surface area contributed by atoms with Crippen molar-refractivity contribution < 1.29 is 27.4 Å². The minimum Gasteiger partial charge on any atom is -0.469 e. The van der Waals surface area contributed by atoms with Crippen molar-refractivity contribution in [1.82, 2.24) is 0 Å². The first-order valence-electron chi connectivity index (χ1n) is 5.68. The summed E-state index contributed by atoms with van der Waals surface area (Å²) in [6, 6.07) is 2.91. The van der Waals surface area contributed by atoms with E-state index >= 15 is 0 Å². The summed E-state index contributed by atoms with van der Waals surface area (Å²) in [6.07, 6.45) is -0.240. The molecular weight excluding hydrogens is 288 g/mol. The van der Waals surface area contributed by atoms with Crippen LogP contribution in [-0.4, -0.2) is 34.0 Å². The second-order valence-electron chi connectivity index (χ2n) is 4.04. The van der Waals surface area contributed by atoms with E-state index in [4.69, 9.17) is 15.2 Å². The van der Waals surface area contributed by atoms with E-state index in [9.17, 15) is 13.2 Å². The lowest BCUT2D eigenvalue weighted by molar-refractivity contribution is -0.140. The Hall–Kier alpha value is -2.16. The van der Waals surface area contributed by atoms with Crippen LogP contribution in [0.15, 0.2) is 12.1 Å². The van der Waals surface area contributed by atoms with Crippen LogP contribution in [0.4, 0.5) is 11.4 Å². The van der Waals surface area contributed by atoms with Gasteiger partial charge in [-0.1, -0.05) is 0 Å². The van der Waals surface area contributed by atoms with E-state index in [1.54, 1.807) is 0 Å². The van der Waals surface area contributed by atoms with Crippen LogP contribution in [0.2, 0.25) is 0 Å². The number of anilines is 2. The molecule has 0 saturated carbocycles. The Morgan fingerprint density at radius 3 is 2.70 bits per heavy atom. The molecule has 1 heterocycles. The van der Waals surface area contributed by atoms with Gasteiger partial charge in [-0.3, -0.25) is 9.52 Å². The maximum atomic E-state index is 11.8. The number of fused-ring (bicyclic) bond motifs is 1. The van der Waals surface area contributed by atoms with Gasteiger partial charge in [0.25, 0.3) is 0 Å². The van der Waals surface area contributed by atoms with Crippen molar-refractivity contribution in [3.63, 3.8) is 0 Å². The van der Waals surface area contributed by atoms with Crippen molar-refractivity contribution in [2.45, 2.75) is 6.42 Å². The number of nitrogens with one attached hydrogen (secondary N) is 1. The number of nitrogens with two attached hydrogens (primary N) is 1. The van der Waals surface area contributed by atoms with Gasteiger partial charge in [-0.25, -0.2) is 8.42 Å². The van der Waals surface area contributed by atoms with Crippen LogP contribution in [0.5, 0.6) is 11.5 Å². The van der Waals surface area contributed by atoms with Crippen molar-refractivity contribution in [2.75, 3.05) is 30.1 Å². The lowest BCUT2D eigenvalue weighted by Crippen LogP contribution is -2.20. The zero-order valence-corrected chi connectivity index (χ0v) is 11.5. The highest BCUT2D eigenvalue weighted by Gasteiger charge is 2.20. The Morgan fingerprint density at radius 2 is 2.05 bits per heavy atom. The Kier molecular flexibility index (Phi) is 3.89. The second kappa shape index (κ2) is 5.45. The molecule has 0 amide bonds. The van der Waals surface area contributed by atoms with Crippen LogP contribution < -0.4 is 19.9 Å². The van der Waals surface area contributed by atoms with E-state index in [2.05, 4.69) is 9.46 Å². The van der Waals surface area contributed by atoms with Gasteiger partial charge in [0, 0.05) is 12.1 Å². The number of benzene rings is 1. The molecule has 1 aliphatic heterocycles. The summed E-state index contributed by atoms with van der Waals surface area (Å²) >= 11 is 0. The first-order chi connectivity index (χ1) is 9.41. The van der Waals surface area contributed by atoms with Gasteiger partial charge in [-0.2, -0.15) is 0 Å². The quantitative estimate of drug-likeness (QED) is 0.593. The summed E-state index contributed by atoms with van der Waals surface area (Å²) < 4.78 is 40.6. The van der Waals surface area contributed by atoms with E-state index in [1.165, 1.54) is 19.2 Å². The van der Waals surface area contributed by atoms with Gasteiger partial charge in [0.15, 0.2) is 11.5 Å². The predicted molar refractivity (Wildman–Crippen MR) is 71.0 cm³/mol. The molecule has 0 bridgehead atoms. The van der Waals surface area contributed by atoms with E-state index < -0.39 is 21.7 Å². The van der Waals surface area contributed by atoms with Gasteiger partial charge in [-0.15, -0.1) is 0 Å². The number of hydrogen-bond acceptors (Lipinski definition) is 7.